The number of halogens is 4. The molecule has 0 heterocycles. The molecule has 162 valence electrons. The van der Waals surface area contributed by atoms with Crippen molar-refractivity contribution in [2.75, 3.05) is 7.11 Å². The van der Waals surface area contributed by atoms with Crippen molar-refractivity contribution in [3.8, 4) is 0 Å². The molecule has 4 nitrogen and oxygen atoms in total. The molecule has 0 aromatic heterocycles. The average Bonchev–Trinajstić information content (AvgIpc) is 2.63. The maximum Gasteiger partial charge on any atom is 0.416 e. The van der Waals surface area contributed by atoms with Crippen molar-refractivity contribution in [1.29, 1.82) is 0 Å². The number of methoxy groups -OCH3 is 1. The molecule has 0 radical (unpaired) electrons. The Labute approximate surface area is 186 Å². The van der Waals surface area contributed by atoms with E-state index >= 15 is 0 Å². The van der Waals surface area contributed by atoms with Crippen molar-refractivity contribution < 1.29 is 27.3 Å². The van der Waals surface area contributed by atoms with E-state index in [2.05, 4.69) is 4.40 Å². The van der Waals surface area contributed by atoms with E-state index in [1.807, 2.05) is 0 Å². The number of thiocarbonyl (C=S) groups is 1. The second-order valence-corrected chi connectivity index (χ2v) is 10.2. The lowest BCUT2D eigenvalue weighted by molar-refractivity contribution is -0.138. The van der Waals surface area contributed by atoms with E-state index in [0.717, 1.165) is 18.3 Å². The predicted molar refractivity (Wildman–Crippen MR) is 117 cm³/mol. The summed E-state index contributed by atoms with van der Waals surface area (Å²) >= 11 is 9.89. The number of rotatable bonds is 4. The number of benzene rings is 1. The van der Waals surface area contributed by atoms with Gasteiger partial charge in [-0.3, -0.25) is 0 Å². The largest absolute Gasteiger partial charge is 0.591 e. The van der Waals surface area contributed by atoms with Gasteiger partial charge in [-0.2, -0.15) is 13.2 Å². The summed E-state index contributed by atoms with van der Waals surface area (Å²) < 4.78 is 60.4. The Bertz CT molecular complexity index is 950. The summed E-state index contributed by atoms with van der Waals surface area (Å²) in [7, 11) is 1.19. The molecule has 0 bridgehead atoms. The molecule has 1 aliphatic rings. The van der Waals surface area contributed by atoms with Crippen LogP contribution in [0.25, 0.3) is 0 Å². The van der Waals surface area contributed by atoms with Gasteiger partial charge >= 0.3 is 12.1 Å². The van der Waals surface area contributed by atoms with Crippen LogP contribution in [-0.4, -0.2) is 33.5 Å². The molecule has 0 spiro atoms. The number of carbonyl (C=O) groups excluding carboxylic acids is 1. The normalized spacial score (nSPS) is 18.5. The van der Waals surface area contributed by atoms with Crippen LogP contribution < -0.4 is 0 Å². The highest BCUT2D eigenvalue weighted by molar-refractivity contribution is 7.91. The third kappa shape index (κ3) is 5.51. The van der Waals surface area contributed by atoms with Crippen LogP contribution in [0.15, 0.2) is 40.3 Å². The summed E-state index contributed by atoms with van der Waals surface area (Å²) in [6.45, 7) is 5.04. The topological polar surface area (TPSA) is 61.7 Å². The molecule has 2 rings (SSSR count). The Morgan fingerprint density at radius 3 is 2.50 bits per heavy atom. The maximum atomic E-state index is 13.4. The molecule has 1 aromatic carbocycles. The fourth-order valence-electron chi connectivity index (χ4n) is 2.67. The molecule has 0 saturated carbocycles. The Morgan fingerprint density at radius 1 is 1.33 bits per heavy atom. The number of hydrogen-bond acceptors (Lipinski definition) is 5. The second kappa shape index (κ2) is 9.21. The van der Waals surface area contributed by atoms with Crippen LogP contribution in [0.3, 0.4) is 0 Å². The van der Waals surface area contributed by atoms with E-state index in [4.69, 9.17) is 28.6 Å². The van der Waals surface area contributed by atoms with Gasteiger partial charge in [-0.25, -0.2) is 4.79 Å². The number of nitrogens with zero attached hydrogens (tertiary/aromatic N) is 1. The van der Waals surface area contributed by atoms with Crippen LogP contribution >= 0.6 is 23.8 Å². The Kier molecular flexibility index (Phi) is 7.55. The summed E-state index contributed by atoms with van der Waals surface area (Å²) in [6, 6.07) is 1.62. The first-order valence-corrected chi connectivity index (χ1v) is 10.5. The van der Waals surface area contributed by atoms with E-state index in [1.54, 1.807) is 32.9 Å². The third-order valence-electron chi connectivity index (χ3n) is 4.14. The fourth-order valence-corrected chi connectivity index (χ4v) is 3.86. The van der Waals surface area contributed by atoms with Crippen molar-refractivity contribution in [3.63, 3.8) is 0 Å². The summed E-state index contributed by atoms with van der Waals surface area (Å²) in [5.74, 6) is -1.61. The summed E-state index contributed by atoms with van der Waals surface area (Å²) in [6.07, 6.45) is 0.976. The van der Waals surface area contributed by atoms with Gasteiger partial charge in [0.2, 0.25) is 0 Å². The highest BCUT2D eigenvalue weighted by Gasteiger charge is 2.36. The number of carbonyl (C=O) groups is 1. The van der Waals surface area contributed by atoms with Crippen LogP contribution in [0.1, 0.15) is 43.4 Å². The predicted octanol–water partition coefficient (Wildman–Crippen LogP) is 5.36. The SMILES string of the molecule is COC(=O)C1=CC=CC(=S)C1c1c(Cl)cc(C(F)(F)F)cc1C=N[S+]([O-])C(C)(C)C. The zero-order valence-corrected chi connectivity index (χ0v) is 18.9. The highest BCUT2D eigenvalue weighted by atomic mass is 35.5. The number of ether oxygens (including phenoxy) is 1. The van der Waals surface area contributed by atoms with E-state index in [-0.39, 0.29) is 26.6 Å². The first-order valence-electron chi connectivity index (χ1n) is 8.64. The highest BCUT2D eigenvalue weighted by Crippen LogP contribution is 2.40. The van der Waals surface area contributed by atoms with Crippen molar-refractivity contribution in [2.45, 2.75) is 37.6 Å². The zero-order valence-electron chi connectivity index (χ0n) is 16.5. The van der Waals surface area contributed by atoms with Crippen molar-refractivity contribution in [3.05, 3.63) is 57.6 Å². The van der Waals surface area contributed by atoms with Crippen LogP contribution in [0, 0.1) is 0 Å². The van der Waals surface area contributed by atoms with Gasteiger partial charge in [0.25, 0.3) is 0 Å². The van der Waals surface area contributed by atoms with Gasteiger partial charge in [0.15, 0.2) is 0 Å². The summed E-state index contributed by atoms with van der Waals surface area (Å²) in [5.41, 5.74) is -0.756. The van der Waals surface area contributed by atoms with Gasteiger partial charge in [-0.1, -0.05) is 40.4 Å². The van der Waals surface area contributed by atoms with E-state index in [0.29, 0.717) is 0 Å². The monoisotopic (exact) mass is 477 g/mol. The standard InChI is InChI=1S/C20H19ClF3NO3S2/c1-19(2,3)30(27)25-10-11-8-12(20(22,23)24)9-14(21)16(11)17-13(18(26)28-4)6-5-7-15(17)29/h5-10,17H,1-4H3. The molecule has 1 aromatic rings. The molecule has 1 aliphatic carbocycles. The van der Waals surface area contributed by atoms with Crippen molar-refractivity contribution in [1.82, 2.24) is 0 Å². The minimum atomic E-state index is -4.66. The molecule has 30 heavy (non-hydrogen) atoms. The molecule has 0 amide bonds. The minimum absolute atomic E-state index is 0.0371. The van der Waals surface area contributed by atoms with Gasteiger partial charge in [0.1, 0.15) is 16.1 Å². The first kappa shape index (κ1) is 24.6. The summed E-state index contributed by atoms with van der Waals surface area (Å²) in [5, 5.41) is -0.245. The van der Waals surface area contributed by atoms with Crippen molar-refractivity contribution in [2.24, 2.45) is 4.40 Å². The van der Waals surface area contributed by atoms with Gasteiger partial charge < -0.3 is 9.29 Å². The Hall–Kier alpha value is -1.68. The van der Waals surface area contributed by atoms with Gasteiger partial charge in [-0.15, -0.1) is 0 Å². The first-order chi connectivity index (χ1) is 13.8. The van der Waals surface area contributed by atoms with Crippen LogP contribution in [-0.2, 0) is 27.1 Å². The average molecular weight is 478 g/mol. The fraction of sp³-hybridized carbons (Fsp3) is 0.350. The summed E-state index contributed by atoms with van der Waals surface area (Å²) in [4.78, 5) is 12.5. The van der Waals surface area contributed by atoms with Gasteiger partial charge in [0.05, 0.1) is 24.8 Å². The second-order valence-electron chi connectivity index (χ2n) is 7.36. The molecular formula is C20H19ClF3NO3S2. The minimum Gasteiger partial charge on any atom is -0.591 e. The molecule has 0 N–H and O–H groups in total. The molecule has 0 saturated heterocycles. The smallest absolute Gasteiger partial charge is 0.416 e. The molecule has 0 aliphatic heterocycles. The van der Waals surface area contributed by atoms with Gasteiger partial charge in [-0.05, 0) is 44.5 Å². The van der Waals surface area contributed by atoms with Crippen molar-refractivity contribution >= 4 is 52.2 Å². The zero-order chi connectivity index (χ0) is 22.9. The van der Waals surface area contributed by atoms with E-state index in [1.165, 1.54) is 13.2 Å². The lowest BCUT2D eigenvalue weighted by atomic mass is 9.82. The lowest BCUT2D eigenvalue weighted by Crippen LogP contribution is -2.26. The molecule has 0 fully saturated rings. The number of allylic oxidation sites excluding steroid dienone is 3. The maximum absolute atomic E-state index is 13.4. The number of alkyl halides is 3. The van der Waals surface area contributed by atoms with E-state index < -0.39 is 39.7 Å². The molecule has 2 atom stereocenters. The third-order valence-corrected chi connectivity index (χ3v) is 6.17. The van der Waals surface area contributed by atoms with Gasteiger partial charge in [0, 0.05) is 21.0 Å². The number of hydrogen-bond donors (Lipinski definition) is 0. The Balaban J connectivity index is 2.73. The number of esters is 1. The van der Waals surface area contributed by atoms with Crippen LogP contribution in [0.2, 0.25) is 5.02 Å². The van der Waals surface area contributed by atoms with Crippen LogP contribution in [0.4, 0.5) is 13.2 Å². The Morgan fingerprint density at radius 2 is 1.97 bits per heavy atom. The lowest BCUT2D eigenvalue weighted by Gasteiger charge is -2.25. The molecule has 2 unspecified atom stereocenters. The van der Waals surface area contributed by atoms with Crippen LogP contribution in [0.5, 0.6) is 0 Å². The van der Waals surface area contributed by atoms with E-state index in [9.17, 15) is 22.5 Å². The molecular weight excluding hydrogens is 459 g/mol. The quantitative estimate of drug-likeness (QED) is 0.253. The molecule has 10 heteroatoms.